The molecule has 3 rings (SSSR count). The number of benzene rings is 3. The molecule has 1 N–H and O–H groups in total. The summed E-state index contributed by atoms with van der Waals surface area (Å²) in [4.78, 5) is 29.1. The molecule has 0 radical (unpaired) electrons. The van der Waals surface area contributed by atoms with Crippen LogP contribution in [-0.4, -0.2) is 49.9 Å². The zero-order chi connectivity index (χ0) is 30.2. The molecule has 2 amide bonds. The van der Waals surface area contributed by atoms with E-state index < -0.39 is 34.1 Å². The number of hydrogen-bond acceptors (Lipinski definition) is 5. The molecule has 1 atom stereocenters. The summed E-state index contributed by atoms with van der Waals surface area (Å²) in [5.41, 5.74) is 1.69. The third-order valence-electron chi connectivity index (χ3n) is 6.53. The molecule has 41 heavy (non-hydrogen) atoms. The van der Waals surface area contributed by atoms with E-state index in [0.29, 0.717) is 24.5 Å². The Bertz CT molecular complexity index is 1420. The minimum Gasteiger partial charge on any atom is -0.494 e. The topological polar surface area (TPSA) is 96.0 Å². The number of carbonyl (C=O) groups excluding carboxylic acids is 2. The van der Waals surface area contributed by atoms with Gasteiger partial charge in [-0.25, -0.2) is 8.42 Å². The molecule has 3 aromatic carbocycles. The van der Waals surface area contributed by atoms with Gasteiger partial charge in [-0.15, -0.1) is 0 Å². The van der Waals surface area contributed by atoms with Crippen LogP contribution >= 0.6 is 0 Å². The largest absolute Gasteiger partial charge is 0.494 e. The number of para-hydroxylation sites is 1. The summed E-state index contributed by atoms with van der Waals surface area (Å²) in [6.07, 6.45) is 0.358. The fourth-order valence-corrected chi connectivity index (χ4v) is 5.88. The molecule has 0 spiro atoms. The van der Waals surface area contributed by atoms with Crippen LogP contribution in [0.25, 0.3) is 0 Å². The van der Waals surface area contributed by atoms with Crippen molar-refractivity contribution in [1.29, 1.82) is 0 Å². The molecule has 0 aliphatic heterocycles. The molecule has 8 nitrogen and oxygen atoms in total. The lowest BCUT2D eigenvalue weighted by molar-refractivity contribution is -0.141. The summed E-state index contributed by atoms with van der Waals surface area (Å²) < 4.78 is 34.5. The summed E-state index contributed by atoms with van der Waals surface area (Å²) in [6.45, 7) is 11.4. The minimum absolute atomic E-state index is 0.0283. The number of aryl methyl sites for hydroxylation is 1. The first kappa shape index (κ1) is 31.7. The number of hydrogen-bond donors (Lipinski definition) is 1. The van der Waals surface area contributed by atoms with Gasteiger partial charge >= 0.3 is 0 Å². The highest BCUT2D eigenvalue weighted by Gasteiger charge is 2.34. The van der Waals surface area contributed by atoms with Crippen molar-refractivity contribution in [2.75, 3.05) is 17.5 Å². The lowest BCUT2D eigenvalue weighted by atomic mass is 10.0. The average Bonchev–Trinajstić information content (AvgIpc) is 2.92. The van der Waals surface area contributed by atoms with Crippen molar-refractivity contribution < 1.29 is 22.7 Å². The maximum atomic E-state index is 14.2. The lowest BCUT2D eigenvalue weighted by Crippen LogP contribution is -2.55. The fourth-order valence-electron chi connectivity index (χ4n) is 4.47. The Hall–Kier alpha value is -3.85. The summed E-state index contributed by atoms with van der Waals surface area (Å²) in [5.74, 6) is -0.223. The average molecular weight is 580 g/mol. The van der Waals surface area contributed by atoms with Crippen molar-refractivity contribution in [3.63, 3.8) is 0 Å². The molecule has 0 saturated heterocycles. The highest BCUT2D eigenvalue weighted by atomic mass is 32.2. The quantitative estimate of drug-likeness (QED) is 0.314. The number of sulfonamides is 1. The number of ether oxygens (including phenoxy) is 1. The Kier molecular flexibility index (Phi) is 10.6. The van der Waals surface area contributed by atoms with E-state index >= 15 is 0 Å². The van der Waals surface area contributed by atoms with Crippen LogP contribution in [0.15, 0.2) is 83.8 Å². The van der Waals surface area contributed by atoms with E-state index in [1.54, 1.807) is 42.5 Å². The zero-order valence-corrected chi connectivity index (χ0v) is 25.6. The summed E-state index contributed by atoms with van der Waals surface area (Å²) in [7, 11) is -4.15. The van der Waals surface area contributed by atoms with E-state index in [1.165, 1.54) is 17.0 Å². The fraction of sp³-hybridized carbons (Fsp3) is 0.375. The third-order valence-corrected chi connectivity index (χ3v) is 8.32. The van der Waals surface area contributed by atoms with E-state index in [4.69, 9.17) is 4.74 Å². The zero-order valence-electron chi connectivity index (χ0n) is 24.8. The van der Waals surface area contributed by atoms with Gasteiger partial charge in [0.1, 0.15) is 18.3 Å². The number of carbonyl (C=O) groups is 2. The Morgan fingerprint density at radius 2 is 1.51 bits per heavy atom. The van der Waals surface area contributed by atoms with Crippen LogP contribution in [0.5, 0.6) is 5.75 Å². The van der Waals surface area contributed by atoms with Gasteiger partial charge < -0.3 is 15.0 Å². The van der Waals surface area contributed by atoms with Crippen LogP contribution in [-0.2, 0) is 26.2 Å². The molecule has 0 aliphatic rings. The molecule has 9 heteroatoms. The van der Waals surface area contributed by atoms with Crippen LogP contribution in [0.4, 0.5) is 5.69 Å². The highest BCUT2D eigenvalue weighted by Crippen LogP contribution is 2.26. The predicted molar refractivity (Wildman–Crippen MR) is 162 cm³/mol. The van der Waals surface area contributed by atoms with Crippen molar-refractivity contribution in [1.82, 2.24) is 10.2 Å². The molecule has 0 heterocycles. The van der Waals surface area contributed by atoms with E-state index in [9.17, 15) is 18.0 Å². The first-order valence-corrected chi connectivity index (χ1v) is 15.3. The van der Waals surface area contributed by atoms with E-state index in [2.05, 4.69) is 5.32 Å². The second kappa shape index (κ2) is 13.7. The van der Waals surface area contributed by atoms with Gasteiger partial charge in [0, 0.05) is 12.1 Å². The SMILES string of the molecule is CCOc1ccc(S(=O)(=O)N(CC(=O)N(Cc2ccccc2C)[C@@H](CC)C(=O)NC(C)(C)C)c2ccccc2)cc1. The van der Waals surface area contributed by atoms with Gasteiger partial charge in [0.15, 0.2) is 0 Å². The van der Waals surface area contributed by atoms with Crippen LogP contribution in [0, 0.1) is 6.92 Å². The molecule has 3 aromatic rings. The number of nitrogens with one attached hydrogen (secondary N) is 1. The molecule has 0 bridgehead atoms. The van der Waals surface area contributed by atoms with Gasteiger partial charge in [0.25, 0.3) is 10.0 Å². The van der Waals surface area contributed by atoms with Crippen molar-refractivity contribution in [2.45, 2.75) is 71.0 Å². The molecule has 0 saturated carbocycles. The maximum absolute atomic E-state index is 14.2. The van der Waals surface area contributed by atoms with Crippen LogP contribution in [0.3, 0.4) is 0 Å². The number of rotatable bonds is 12. The molecule has 0 aliphatic carbocycles. The standard InChI is InChI=1S/C32H41N3O5S/c1-7-29(31(37)33-32(4,5)6)34(22-25-15-13-12-14-24(25)3)30(36)23-35(26-16-10-9-11-17-26)41(38,39)28-20-18-27(19-21-28)40-8-2/h9-21,29H,7-8,22-23H2,1-6H3,(H,33,37)/t29-/m0/s1. The highest BCUT2D eigenvalue weighted by molar-refractivity contribution is 7.92. The summed E-state index contributed by atoms with van der Waals surface area (Å²) >= 11 is 0. The van der Waals surface area contributed by atoms with Crippen LogP contribution in [0.1, 0.15) is 52.2 Å². The Labute approximate surface area is 244 Å². The Morgan fingerprint density at radius 1 is 0.902 bits per heavy atom. The maximum Gasteiger partial charge on any atom is 0.264 e. The molecule has 220 valence electrons. The number of amides is 2. The Morgan fingerprint density at radius 3 is 2.07 bits per heavy atom. The van der Waals surface area contributed by atoms with Gasteiger partial charge in [-0.1, -0.05) is 49.4 Å². The van der Waals surface area contributed by atoms with Gasteiger partial charge in [-0.05, 0) is 88.6 Å². The molecule has 0 aromatic heterocycles. The third kappa shape index (κ3) is 8.33. The summed E-state index contributed by atoms with van der Waals surface area (Å²) in [6, 6.07) is 21.5. The first-order chi connectivity index (χ1) is 19.4. The normalized spacial score (nSPS) is 12.3. The van der Waals surface area contributed by atoms with E-state index in [0.717, 1.165) is 15.4 Å². The molecular weight excluding hydrogens is 538 g/mol. The van der Waals surface area contributed by atoms with Crippen LogP contribution < -0.4 is 14.4 Å². The van der Waals surface area contributed by atoms with Crippen LogP contribution in [0.2, 0.25) is 0 Å². The monoisotopic (exact) mass is 579 g/mol. The van der Waals surface area contributed by atoms with Crippen molar-refractivity contribution >= 4 is 27.5 Å². The summed E-state index contributed by atoms with van der Waals surface area (Å²) in [5, 5.41) is 2.99. The number of anilines is 1. The van der Waals surface area contributed by atoms with Gasteiger partial charge in [-0.2, -0.15) is 0 Å². The first-order valence-electron chi connectivity index (χ1n) is 13.8. The molecule has 0 fully saturated rings. The van der Waals surface area contributed by atoms with Gasteiger partial charge in [-0.3, -0.25) is 13.9 Å². The van der Waals surface area contributed by atoms with Gasteiger partial charge in [0.05, 0.1) is 17.2 Å². The van der Waals surface area contributed by atoms with Gasteiger partial charge in [0.2, 0.25) is 11.8 Å². The second-order valence-electron chi connectivity index (χ2n) is 10.9. The second-order valence-corrected chi connectivity index (χ2v) is 12.7. The predicted octanol–water partition coefficient (Wildman–Crippen LogP) is 5.31. The molecule has 0 unspecified atom stereocenters. The Balaban J connectivity index is 2.05. The molecular formula is C32H41N3O5S. The minimum atomic E-state index is -4.15. The van der Waals surface area contributed by atoms with E-state index in [1.807, 2.05) is 65.8 Å². The lowest BCUT2D eigenvalue weighted by Gasteiger charge is -2.35. The van der Waals surface area contributed by atoms with E-state index in [-0.39, 0.29) is 17.3 Å². The smallest absolute Gasteiger partial charge is 0.264 e. The number of nitrogens with zero attached hydrogens (tertiary/aromatic N) is 2. The van der Waals surface area contributed by atoms with Crippen molar-refractivity contribution in [2.24, 2.45) is 0 Å². The van der Waals surface area contributed by atoms with Crippen molar-refractivity contribution in [3.8, 4) is 5.75 Å². The van der Waals surface area contributed by atoms with Crippen molar-refractivity contribution in [3.05, 3.63) is 90.0 Å².